The Bertz CT molecular complexity index is 437. The Morgan fingerprint density at radius 2 is 2.00 bits per heavy atom. The smallest absolute Gasteiger partial charge is 0.0402 e. The van der Waals surface area contributed by atoms with Gasteiger partial charge in [-0.1, -0.05) is 45.9 Å². The molecule has 0 saturated carbocycles. The number of hydrogen-bond acceptors (Lipinski definition) is 2. The Balaban J connectivity index is 1.98. The number of benzene rings is 1. The molecule has 0 amide bonds. The van der Waals surface area contributed by atoms with Crippen LogP contribution in [0.1, 0.15) is 40.2 Å². The number of fused-ring (bicyclic) bond motifs is 1. The van der Waals surface area contributed by atoms with Gasteiger partial charge in [0.2, 0.25) is 0 Å². The van der Waals surface area contributed by atoms with Gasteiger partial charge in [0.1, 0.15) is 0 Å². The summed E-state index contributed by atoms with van der Waals surface area (Å²) in [5.74, 6) is 0.720. The number of hydrogen-bond donors (Lipinski definition) is 1. The van der Waals surface area contributed by atoms with Crippen molar-refractivity contribution in [3.63, 3.8) is 0 Å². The summed E-state index contributed by atoms with van der Waals surface area (Å²) in [6.45, 7) is 14.9. The van der Waals surface area contributed by atoms with Crippen molar-refractivity contribution in [3.8, 4) is 0 Å². The van der Waals surface area contributed by atoms with Gasteiger partial charge in [0.15, 0.2) is 0 Å². The van der Waals surface area contributed by atoms with Crippen molar-refractivity contribution in [2.75, 3.05) is 24.5 Å². The summed E-state index contributed by atoms with van der Waals surface area (Å²) in [7, 11) is 0. The predicted octanol–water partition coefficient (Wildman–Crippen LogP) is 3.71. The zero-order valence-electron chi connectivity index (χ0n) is 13.7. The van der Waals surface area contributed by atoms with Crippen molar-refractivity contribution in [1.29, 1.82) is 0 Å². The summed E-state index contributed by atoms with van der Waals surface area (Å²) in [6.07, 6.45) is 1.19. The lowest BCUT2D eigenvalue weighted by molar-refractivity contribution is 0.328. The quantitative estimate of drug-likeness (QED) is 0.850. The Morgan fingerprint density at radius 3 is 2.70 bits per heavy atom. The molecule has 112 valence electrons. The van der Waals surface area contributed by atoms with Crippen LogP contribution >= 0.6 is 0 Å². The van der Waals surface area contributed by atoms with Crippen LogP contribution in [0.5, 0.6) is 0 Å². The van der Waals surface area contributed by atoms with Gasteiger partial charge in [-0.2, -0.15) is 0 Å². The Labute approximate surface area is 124 Å². The van der Waals surface area contributed by atoms with E-state index in [-0.39, 0.29) is 0 Å². The largest absolute Gasteiger partial charge is 0.368 e. The standard InChI is InChI=1S/C18H30N2/c1-14(2)11-19-12-18(4,5)13-20-15(3)10-16-8-6-7-9-17(16)20/h6-9,14-15,19H,10-13H2,1-5H3. The maximum atomic E-state index is 3.61. The minimum absolute atomic E-state index is 0.292. The van der Waals surface area contributed by atoms with E-state index in [4.69, 9.17) is 0 Å². The van der Waals surface area contributed by atoms with E-state index in [1.165, 1.54) is 17.7 Å². The van der Waals surface area contributed by atoms with Crippen LogP contribution in [0.4, 0.5) is 5.69 Å². The van der Waals surface area contributed by atoms with Gasteiger partial charge in [-0.05, 0) is 42.9 Å². The monoisotopic (exact) mass is 274 g/mol. The normalized spacial score (nSPS) is 18.7. The molecule has 0 radical (unpaired) electrons. The molecule has 1 heterocycles. The summed E-state index contributed by atoms with van der Waals surface area (Å²) >= 11 is 0. The third-order valence-electron chi connectivity index (χ3n) is 4.10. The lowest BCUT2D eigenvalue weighted by atomic mass is 9.92. The average molecular weight is 274 g/mol. The summed E-state index contributed by atoms with van der Waals surface area (Å²) in [5.41, 5.74) is 3.24. The van der Waals surface area contributed by atoms with Crippen molar-refractivity contribution in [2.45, 2.75) is 47.1 Å². The fourth-order valence-corrected chi connectivity index (χ4v) is 3.09. The highest BCUT2D eigenvalue weighted by atomic mass is 15.2. The van der Waals surface area contributed by atoms with E-state index in [0.717, 1.165) is 25.6 Å². The molecule has 0 spiro atoms. The van der Waals surface area contributed by atoms with Crippen molar-refractivity contribution in [1.82, 2.24) is 5.32 Å². The SMILES string of the molecule is CC(C)CNCC(C)(C)CN1c2ccccc2CC1C. The lowest BCUT2D eigenvalue weighted by Gasteiger charge is -2.35. The highest BCUT2D eigenvalue weighted by Crippen LogP contribution is 2.34. The van der Waals surface area contributed by atoms with E-state index in [9.17, 15) is 0 Å². The van der Waals surface area contributed by atoms with Crippen molar-refractivity contribution in [2.24, 2.45) is 11.3 Å². The molecule has 1 N–H and O–H groups in total. The van der Waals surface area contributed by atoms with Crippen molar-refractivity contribution >= 4 is 5.69 Å². The van der Waals surface area contributed by atoms with Gasteiger partial charge in [0.05, 0.1) is 0 Å². The van der Waals surface area contributed by atoms with Gasteiger partial charge >= 0.3 is 0 Å². The molecule has 0 aromatic heterocycles. The molecule has 1 aromatic carbocycles. The molecule has 1 unspecified atom stereocenters. The molecular weight excluding hydrogens is 244 g/mol. The van der Waals surface area contributed by atoms with Crippen LogP contribution < -0.4 is 10.2 Å². The number of anilines is 1. The highest BCUT2D eigenvalue weighted by molar-refractivity contribution is 5.59. The second kappa shape index (κ2) is 6.17. The fraction of sp³-hybridized carbons (Fsp3) is 0.667. The van der Waals surface area contributed by atoms with Crippen LogP contribution in [-0.2, 0) is 6.42 Å². The molecule has 20 heavy (non-hydrogen) atoms. The molecule has 1 aromatic rings. The van der Waals surface area contributed by atoms with Gasteiger partial charge < -0.3 is 10.2 Å². The summed E-state index contributed by atoms with van der Waals surface area (Å²) in [4.78, 5) is 2.59. The molecule has 2 heteroatoms. The molecule has 0 aliphatic carbocycles. The summed E-state index contributed by atoms with van der Waals surface area (Å²) in [5, 5.41) is 3.61. The maximum absolute atomic E-state index is 3.61. The van der Waals surface area contributed by atoms with Crippen LogP contribution in [0.2, 0.25) is 0 Å². The first kappa shape index (κ1) is 15.4. The first-order valence-corrected chi connectivity index (χ1v) is 7.94. The van der Waals surface area contributed by atoms with Gasteiger partial charge in [0.25, 0.3) is 0 Å². The summed E-state index contributed by atoms with van der Waals surface area (Å²) < 4.78 is 0. The fourth-order valence-electron chi connectivity index (χ4n) is 3.09. The average Bonchev–Trinajstić information content (AvgIpc) is 2.65. The molecule has 2 rings (SSSR count). The topological polar surface area (TPSA) is 15.3 Å². The molecular formula is C18H30N2. The second-order valence-corrected chi connectivity index (χ2v) is 7.50. The number of para-hydroxylation sites is 1. The maximum Gasteiger partial charge on any atom is 0.0402 e. The zero-order chi connectivity index (χ0) is 14.8. The number of nitrogens with one attached hydrogen (secondary N) is 1. The Morgan fingerprint density at radius 1 is 1.30 bits per heavy atom. The van der Waals surface area contributed by atoms with Crippen LogP contribution in [0, 0.1) is 11.3 Å². The van der Waals surface area contributed by atoms with E-state index in [0.29, 0.717) is 11.5 Å². The molecule has 1 aliphatic rings. The predicted molar refractivity (Wildman–Crippen MR) is 88.4 cm³/mol. The molecule has 0 saturated heterocycles. The molecule has 0 bridgehead atoms. The molecule has 1 aliphatic heterocycles. The second-order valence-electron chi connectivity index (χ2n) is 7.50. The van der Waals surface area contributed by atoms with Gasteiger partial charge in [0, 0.05) is 24.8 Å². The molecule has 2 nitrogen and oxygen atoms in total. The van der Waals surface area contributed by atoms with Gasteiger partial charge in [-0.25, -0.2) is 0 Å². The lowest BCUT2D eigenvalue weighted by Crippen LogP contribution is -2.43. The number of nitrogens with zero attached hydrogens (tertiary/aromatic N) is 1. The van der Waals surface area contributed by atoms with E-state index in [1.807, 2.05) is 0 Å². The minimum atomic E-state index is 0.292. The van der Waals surface area contributed by atoms with Gasteiger partial charge in [-0.3, -0.25) is 0 Å². The molecule has 0 fully saturated rings. The summed E-state index contributed by atoms with van der Waals surface area (Å²) in [6, 6.07) is 9.49. The molecule has 1 atom stereocenters. The van der Waals surface area contributed by atoms with E-state index >= 15 is 0 Å². The third-order valence-corrected chi connectivity index (χ3v) is 4.10. The zero-order valence-corrected chi connectivity index (χ0v) is 13.7. The van der Waals surface area contributed by atoms with E-state index in [1.54, 1.807) is 0 Å². The van der Waals surface area contributed by atoms with E-state index in [2.05, 4.69) is 69.1 Å². The first-order chi connectivity index (χ1) is 9.39. The third kappa shape index (κ3) is 3.76. The Kier molecular flexibility index (Phi) is 4.74. The van der Waals surface area contributed by atoms with Crippen molar-refractivity contribution < 1.29 is 0 Å². The van der Waals surface area contributed by atoms with Crippen LogP contribution in [0.3, 0.4) is 0 Å². The minimum Gasteiger partial charge on any atom is -0.368 e. The van der Waals surface area contributed by atoms with Gasteiger partial charge in [-0.15, -0.1) is 0 Å². The van der Waals surface area contributed by atoms with Crippen LogP contribution in [-0.4, -0.2) is 25.7 Å². The van der Waals surface area contributed by atoms with E-state index < -0.39 is 0 Å². The first-order valence-electron chi connectivity index (χ1n) is 7.94. The van der Waals surface area contributed by atoms with Crippen LogP contribution in [0.25, 0.3) is 0 Å². The number of rotatable bonds is 6. The van der Waals surface area contributed by atoms with Crippen LogP contribution in [0.15, 0.2) is 24.3 Å². The Hall–Kier alpha value is -1.02. The van der Waals surface area contributed by atoms with Crippen molar-refractivity contribution in [3.05, 3.63) is 29.8 Å². The highest BCUT2D eigenvalue weighted by Gasteiger charge is 2.30.